The molecule has 5 nitrogen and oxygen atoms in total. The number of rotatable bonds is 2. The van der Waals surface area contributed by atoms with Gasteiger partial charge in [-0.25, -0.2) is 0 Å². The van der Waals surface area contributed by atoms with Crippen LogP contribution in [0, 0.1) is 0 Å². The van der Waals surface area contributed by atoms with Gasteiger partial charge in [0.2, 0.25) is 0 Å². The van der Waals surface area contributed by atoms with Crippen LogP contribution in [-0.4, -0.2) is 20.0 Å². The fraction of sp³-hybridized carbons (Fsp3) is 0. The lowest BCUT2D eigenvalue weighted by Crippen LogP contribution is -2.04. The summed E-state index contributed by atoms with van der Waals surface area (Å²) < 4.78 is 2.54. The van der Waals surface area contributed by atoms with Crippen molar-refractivity contribution in [3.63, 3.8) is 0 Å². The van der Waals surface area contributed by atoms with Crippen molar-refractivity contribution in [3.05, 3.63) is 52.1 Å². The number of nitrogens with zero attached hydrogens (tertiary/aromatic N) is 4. The Hall–Kier alpha value is -1.92. The fourth-order valence-corrected chi connectivity index (χ4v) is 2.13. The predicted octanol–water partition coefficient (Wildman–Crippen LogP) is 3.33. The molecule has 2 N–H and O–H groups in total. The molecular formula is C13H9BrClN5. The van der Waals surface area contributed by atoms with Crippen LogP contribution in [0.5, 0.6) is 0 Å². The molecular weight excluding hydrogens is 342 g/mol. The van der Waals surface area contributed by atoms with E-state index in [1.807, 2.05) is 24.3 Å². The second-order valence-electron chi connectivity index (χ2n) is 4.09. The van der Waals surface area contributed by atoms with Crippen LogP contribution in [0.15, 0.2) is 46.9 Å². The first-order chi connectivity index (χ1) is 9.63. The van der Waals surface area contributed by atoms with Gasteiger partial charge in [-0.15, -0.1) is 10.2 Å². The van der Waals surface area contributed by atoms with Gasteiger partial charge in [-0.2, -0.15) is 9.78 Å². The van der Waals surface area contributed by atoms with Crippen molar-refractivity contribution in [2.45, 2.75) is 0 Å². The quantitative estimate of drug-likeness (QED) is 0.769. The Balaban J connectivity index is 2.02. The number of anilines is 1. The van der Waals surface area contributed by atoms with Gasteiger partial charge in [-0.3, -0.25) is 0 Å². The van der Waals surface area contributed by atoms with Gasteiger partial charge >= 0.3 is 0 Å². The molecule has 0 aliphatic heterocycles. The summed E-state index contributed by atoms with van der Waals surface area (Å²) in [6.07, 6.45) is 0. The van der Waals surface area contributed by atoms with Crippen LogP contribution in [0.3, 0.4) is 0 Å². The summed E-state index contributed by atoms with van der Waals surface area (Å²) in [4.78, 5) is 0. The second-order valence-corrected chi connectivity index (χ2v) is 5.39. The van der Waals surface area contributed by atoms with E-state index in [0.717, 1.165) is 15.7 Å². The van der Waals surface area contributed by atoms with E-state index in [1.165, 1.54) is 4.68 Å². The van der Waals surface area contributed by atoms with E-state index in [0.29, 0.717) is 16.8 Å². The number of hydrogen-bond donors (Lipinski definition) is 1. The highest BCUT2D eigenvalue weighted by Gasteiger charge is 2.10. The molecule has 3 aromatic rings. The standard InChI is InChI=1S/C13H9BrClN5/c14-9-3-1-8(2-4-9)10-7-12(16)20(19-10)13-6-5-11(15)17-18-13/h1-7H,16H2. The minimum Gasteiger partial charge on any atom is -0.384 e. The van der Waals surface area contributed by atoms with Crippen LogP contribution in [0.2, 0.25) is 5.15 Å². The van der Waals surface area contributed by atoms with Crippen molar-refractivity contribution < 1.29 is 0 Å². The molecule has 0 spiro atoms. The van der Waals surface area contributed by atoms with Crippen molar-refractivity contribution >= 4 is 33.3 Å². The van der Waals surface area contributed by atoms with Gasteiger partial charge in [0.25, 0.3) is 0 Å². The number of nitrogens with two attached hydrogens (primary N) is 1. The van der Waals surface area contributed by atoms with Gasteiger partial charge in [0, 0.05) is 16.1 Å². The lowest BCUT2D eigenvalue weighted by molar-refractivity contribution is 0.825. The van der Waals surface area contributed by atoms with Crippen molar-refractivity contribution in [1.29, 1.82) is 0 Å². The molecule has 0 saturated heterocycles. The van der Waals surface area contributed by atoms with Gasteiger partial charge in [-0.1, -0.05) is 39.7 Å². The summed E-state index contributed by atoms with van der Waals surface area (Å²) in [5, 5.41) is 12.5. The highest BCUT2D eigenvalue weighted by atomic mass is 79.9. The Morgan fingerprint density at radius 3 is 2.45 bits per heavy atom. The normalized spacial score (nSPS) is 10.7. The maximum Gasteiger partial charge on any atom is 0.178 e. The van der Waals surface area contributed by atoms with Crippen LogP contribution < -0.4 is 5.73 Å². The van der Waals surface area contributed by atoms with Crippen LogP contribution in [0.4, 0.5) is 5.82 Å². The minimum absolute atomic E-state index is 0.326. The molecule has 1 aromatic carbocycles. The predicted molar refractivity (Wildman–Crippen MR) is 81.7 cm³/mol. The fourth-order valence-electron chi connectivity index (χ4n) is 1.76. The molecule has 0 unspecified atom stereocenters. The van der Waals surface area contributed by atoms with Crippen molar-refractivity contribution in [1.82, 2.24) is 20.0 Å². The van der Waals surface area contributed by atoms with E-state index in [2.05, 4.69) is 31.2 Å². The zero-order valence-corrected chi connectivity index (χ0v) is 12.5. The van der Waals surface area contributed by atoms with Crippen LogP contribution >= 0.6 is 27.5 Å². The highest BCUT2D eigenvalue weighted by Crippen LogP contribution is 2.23. The molecule has 0 bridgehead atoms. The van der Waals surface area contributed by atoms with Gasteiger partial charge in [0.15, 0.2) is 11.0 Å². The first-order valence-corrected chi connectivity index (χ1v) is 6.92. The van der Waals surface area contributed by atoms with E-state index in [-0.39, 0.29) is 0 Å². The molecule has 0 saturated carbocycles. The SMILES string of the molecule is Nc1cc(-c2ccc(Br)cc2)nn1-c1ccc(Cl)nn1. The first kappa shape index (κ1) is 13.1. The van der Waals surface area contributed by atoms with E-state index in [1.54, 1.807) is 18.2 Å². The Morgan fingerprint density at radius 2 is 1.80 bits per heavy atom. The second kappa shape index (κ2) is 5.22. The number of halogens is 2. The Labute approximate surface area is 128 Å². The third kappa shape index (κ3) is 2.52. The molecule has 0 aliphatic carbocycles. The average molecular weight is 351 g/mol. The van der Waals surface area contributed by atoms with Gasteiger partial charge < -0.3 is 5.73 Å². The van der Waals surface area contributed by atoms with E-state index in [4.69, 9.17) is 17.3 Å². The van der Waals surface area contributed by atoms with Gasteiger partial charge in [0.05, 0.1) is 5.69 Å². The van der Waals surface area contributed by atoms with E-state index >= 15 is 0 Å². The lowest BCUT2D eigenvalue weighted by atomic mass is 10.2. The summed E-state index contributed by atoms with van der Waals surface area (Å²) in [5.74, 6) is 1.01. The Morgan fingerprint density at radius 1 is 1.05 bits per heavy atom. The third-order valence-electron chi connectivity index (χ3n) is 2.71. The zero-order valence-electron chi connectivity index (χ0n) is 10.2. The summed E-state index contributed by atoms with van der Waals surface area (Å²) in [7, 11) is 0. The first-order valence-electron chi connectivity index (χ1n) is 5.74. The summed E-state index contributed by atoms with van der Waals surface area (Å²) in [6.45, 7) is 0. The van der Waals surface area contributed by atoms with Gasteiger partial charge in [-0.05, 0) is 24.3 Å². The van der Waals surface area contributed by atoms with Crippen LogP contribution in [-0.2, 0) is 0 Å². The van der Waals surface area contributed by atoms with E-state index < -0.39 is 0 Å². The molecule has 2 heterocycles. The molecule has 20 heavy (non-hydrogen) atoms. The molecule has 2 aromatic heterocycles. The number of nitrogen functional groups attached to an aromatic ring is 1. The molecule has 100 valence electrons. The topological polar surface area (TPSA) is 69.6 Å². The van der Waals surface area contributed by atoms with Gasteiger partial charge in [0.1, 0.15) is 5.82 Å². The highest BCUT2D eigenvalue weighted by molar-refractivity contribution is 9.10. The summed E-state index contributed by atoms with van der Waals surface area (Å²) in [6, 6.07) is 13.0. The molecule has 0 radical (unpaired) electrons. The molecule has 0 fully saturated rings. The van der Waals surface area contributed by atoms with E-state index in [9.17, 15) is 0 Å². The maximum atomic E-state index is 5.97. The average Bonchev–Trinajstić information content (AvgIpc) is 2.82. The monoisotopic (exact) mass is 349 g/mol. The molecule has 0 amide bonds. The van der Waals surface area contributed by atoms with Crippen molar-refractivity contribution in [2.24, 2.45) is 0 Å². The van der Waals surface area contributed by atoms with Crippen molar-refractivity contribution in [3.8, 4) is 17.1 Å². The number of benzene rings is 1. The zero-order chi connectivity index (χ0) is 14.1. The molecule has 0 aliphatic rings. The smallest absolute Gasteiger partial charge is 0.178 e. The van der Waals surface area contributed by atoms with Crippen molar-refractivity contribution in [2.75, 3.05) is 5.73 Å². The number of aromatic nitrogens is 4. The summed E-state index contributed by atoms with van der Waals surface area (Å²) >= 11 is 9.12. The largest absolute Gasteiger partial charge is 0.384 e. The minimum atomic E-state index is 0.326. The Bertz CT molecular complexity index is 736. The maximum absolute atomic E-state index is 5.97. The molecule has 7 heteroatoms. The van der Waals surface area contributed by atoms with Crippen LogP contribution in [0.1, 0.15) is 0 Å². The Kier molecular flexibility index (Phi) is 3.42. The third-order valence-corrected chi connectivity index (χ3v) is 3.44. The number of hydrogen-bond acceptors (Lipinski definition) is 4. The summed E-state index contributed by atoms with van der Waals surface area (Å²) in [5.41, 5.74) is 7.71. The molecule has 3 rings (SSSR count). The van der Waals surface area contributed by atoms with Crippen LogP contribution in [0.25, 0.3) is 17.1 Å². The lowest BCUT2D eigenvalue weighted by Gasteiger charge is -2.01. The molecule has 0 atom stereocenters.